The van der Waals surface area contributed by atoms with E-state index >= 15 is 0 Å². The van der Waals surface area contributed by atoms with E-state index in [1.54, 1.807) is 6.92 Å². The van der Waals surface area contributed by atoms with Crippen LogP contribution in [0.25, 0.3) is 0 Å². The molecule has 0 saturated carbocycles. The van der Waals surface area contributed by atoms with Gasteiger partial charge in [0, 0.05) is 13.2 Å². The summed E-state index contributed by atoms with van der Waals surface area (Å²) < 4.78 is 33.5. The Morgan fingerprint density at radius 2 is 1.93 bits per heavy atom. The molecule has 9 heteroatoms. The maximum atomic E-state index is 12.9. The first-order valence-corrected chi connectivity index (χ1v) is 11.1. The number of hydrogen-bond acceptors (Lipinski definition) is 5. The van der Waals surface area contributed by atoms with Gasteiger partial charge in [-0.25, -0.2) is 8.42 Å². The van der Waals surface area contributed by atoms with E-state index in [-0.39, 0.29) is 29.5 Å². The maximum absolute atomic E-state index is 12.9. The summed E-state index contributed by atoms with van der Waals surface area (Å²) in [6, 6.07) is 12.2. The fourth-order valence-electron chi connectivity index (χ4n) is 2.63. The molecular weight excluding hydrogens is 416 g/mol. The highest BCUT2D eigenvalue weighted by Gasteiger charge is 2.26. The van der Waals surface area contributed by atoms with Gasteiger partial charge in [-0.2, -0.15) is 4.72 Å². The van der Waals surface area contributed by atoms with E-state index in [0.29, 0.717) is 18.8 Å². The molecular formula is C20H25ClN2O5S. The van der Waals surface area contributed by atoms with Gasteiger partial charge in [-0.3, -0.25) is 4.79 Å². The van der Waals surface area contributed by atoms with Crippen molar-refractivity contribution in [2.75, 3.05) is 19.8 Å². The standard InChI is InChI=1S/C20H25ClN2O5S/c1-2-28-19-10-9-16(14-17(19)21)29(26,27)23-18(20(25)22-11-6-12-24)13-15-7-4-3-5-8-15/h3-5,7-10,14,18,23-24H,2,6,11-13H2,1H3,(H,22,25). The summed E-state index contributed by atoms with van der Waals surface area (Å²) >= 11 is 6.11. The van der Waals surface area contributed by atoms with Crippen molar-refractivity contribution in [2.45, 2.75) is 30.7 Å². The molecule has 1 atom stereocenters. The van der Waals surface area contributed by atoms with Gasteiger partial charge < -0.3 is 15.2 Å². The van der Waals surface area contributed by atoms with Crippen LogP contribution in [0.2, 0.25) is 5.02 Å². The Bertz CT molecular complexity index is 906. The molecule has 2 aromatic carbocycles. The molecule has 0 radical (unpaired) electrons. The van der Waals surface area contributed by atoms with Crippen molar-refractivity contribution in [1.82, 2.24) is 10.0 Å². The second-order valence-corrected chi connectivity index (χ2v) is 8.38. The first-order valence-electron chi connectivity index (χ1n) is 9.24. The lowest BCUT2D eigenvalue weighted by Gasteiger charge is -2.19. The Hall–Kier alpha value is -2.13. The molecule has 0 spiro atoms. The number of carbonyl (C=O) groups is 1. The number of hydrogen-bond donors (Lipinski definition) is 3. The molecule has 0 aliphatic rings. The molecule has 0 heterocycles. The van der Waals surface area contributed by atoms with E-state index in [9.17, 15) is 13.2 Å². The Kier molecular flexibility index (Phi) is 8.91. The Morgan fingerprint density at radius 1 is 1.21 bits per heavy atom. The SMILES string of the molecule is CCOc1ccc(S(=O)(=O)NC(Cc2ccccc2)C(=O)NCCCO)cc1Cl. The van der Waals surface area contributed by atoms with Crippen molar-refractivity contribution < 1.29 is 23.1 Å². The first kappa shape index (κ1) is 23.2. The van der Waals surface area contributed by atoms with Crippen molar-refractivity contribution in [3.8, 4) is 5.75 Å². The Labute approximate surface area is 176 Å². The van der Waals surface area contributed by atoms with Crippen LogP contribution in [-0.2, 0) is 21.2 Å². The fraction of sp³-hybridized carbons (Fsp3) is 0.350. The van der Waals surface area contributed by atoms with Gasteiger partial charge in [0.1, 0.15) is 11.8 Å². The summed E-state index contributed by atoms with van der Waals surface area (Å²) in [7, 11) is -4.01. The van der Waals surface area contributed by atoms with Crippen LogP contribution in [0.5, 0.6) is 5.75 Å². The molecule has 2 rings (SSSR count). The van der Waals surface area contributed by atoms with Crippen molar-refractivity contribution in [2.24, 2.45) is 0 Å². The molecule has 0 saturated heterocycles. The molecule has 0 bridgehead atoms. The van der Waals surface area contributed by atoms with Crippen LogP contribution in [0.3, 0.4) is 0 Å². The summed E-state index contributed by atoms with van der Waals surface area (Å²) in [5.41, 5.74) is 0.808. The predicted molar refractivity (Wildman–Crippen MR) is 112 cm³/mol. The summed E-state index contributed by atoms with van der Waals surface area (Å²) in [5, 5.41) is 11.7. The van der Waals surface area contributed by atoms with Crippen molar-refractivity contribution in [3.05, 3.63) is 59.1 Å². The number of rotatable bonds is 11. The quantitative estimate of drug-likeness (QED) is 0.464. The lowest BCUT2D eigenvalue weighted by Crippen LogP contribution is -2.48. The average Bonchev–Trinajstić information content (AvgIpc) is 2.70. The topological polar surface area (TPSA) is 105 Å². The summed E-state index contributed by atoms with van der Waals surface area (Å²) in [6.07, 6.45) is 0.556. The maximum Gasteiger partial charge on any atom is 0.241 e. The minimum atomic E-state index is -4.01. The second-order valence-electron chi connectivity index (χ2n) is 6.26. The van der Waals surface area contributed by atoms with E-state index < -0.39 is 22.0 Å². The van der Waals surface area contributed by atoms with Crippen LogP contribution in [0.15, 0.2) is 53.4 Å². The average molecular weight is 441 g/mol. The number of ether oxygens (including phenoxy) is 1. The zero-order valence-corrected chi connectivity index (χ0v) is 17.7. The number of aliphatic hydroxyl groups excluding tert-OH is 1. The van der Waals surface area contributed by atoms with Gasteiger partial charge in [-0.1, -0.05) is 41.9 Å². The molecule has 0 aromatic heterocycles. The Morgan fingerprint density at radius 3 is 2.55 bits per heavy atom. The van der Waals surface area contributed by atoms with E-state index in [1.807, 2.05) is 30.3 Å². The van der Waals surface area contributed by atoms with Gasteiger partial charge in [0.05, 0.1) is 16.5 Å². The van der Waals surface area contributed by atoms with Gasteiger partial charge in [0.15, 0.2) is 0 Å². The zero-order chi connectivity index (χ0) is 21.3. The van der Waals surface area contributed by atoms with Crippen LogP contribution in [-0.4, -0.2) is 45.2 Å². The highest BCUT2D eigenvalue weighted by molar-refractivity contribution is 7.89. The molecule has 0 aliphatic heterocycles. The third kappa shape index (κ3) is 7.01. The fourth-order valence-corrected chi connectivity index (χ4v) is 4.15. The Balaban J connectivity index is 2.23. The summed E-state index contributed by atoms with van der Waals surface area (Å²) in [4.78, 5) is 12.5. The molecule has 0 aliphatic carbocycles. The highest BCUT2D eigenvalue weighted by atomic mass is 35.5. The monoisotopic (exact) mass is 440 g/mol. The minimum absolute atomic E-state index is 0.0628. The van der Waals surface area contributed by atoms with Crippen molar-refractivity contribution >= 4 is 27.5 Å². The third-order valence-electron chi connectivity index (χ3n) is 4.04. The highest BCUT2D eigenvalue weighted by Crippen LogP contribution is 2.27. The normalized spacial score (nSPS) is 12.4. The van der Waals surface area contributed by atoms with Crippen LogP contribution in [0.1, 0.15) is 18.9 Å². The number of nitrogens with one attached hydrogen (secondary N) is 2. The lowest BCUT2D eigenvalue weighted by atomic mass is 10.1. The second kappa shape index (κ2) is 11.2. The minimum Gasteiger partial charge on any atom is -0.492 e. The molecule has 158 valence electrons. The molecule has 0 fully saturated rings. The van der Waals surface area contributed by atoms with Crippen LogP contribution >= 0.6 is 11.6 Å². The number of halogens is 1. The van der Waals surface area contributed by atoms with E-state index in [2.05, 4.69) is 10.0 Å². The van der Waals surface area contributed by atoms with Crippen LogP contribution < -0.4 is 14.8 Å². The molecule has 7 nitrogen and oxygen atoms in total. The largest absolute Gasteiger partial charge is 0.492 e. The van der Waals surface area contributed by atoms with Crippen LogP contribution in [0, 0.1) is 0 Å². The summed E-state index contributed by atoms with van der Waals surface area (Å²) in [6.45, 7) is 2.38. The van der Waals surface area contributed by atoms with Crippen LogP contribution in [0.4, 0.5) is 0 Å². The van der Waals surface area contributed by atoms with Gasteiger partial charge in [0.25, 0.3) is 0 Å². The van der Waals surface area contributed by atoms with Gasteiger partial charge in [0.2, 0.25) is 15.9 Å². The van der Waals surface area contributed by atoms with Crippen molar-refractivity contribution in [1.29, 1.82) is 0 Å². The number of aliphatic hydroxyl groups is 1. The molecule has 1 amide bonds. The van der Waals surface area contributed by atoms with Gasteiger partial charge in [-0.15, -0.1) is 0 Å². The molecule has 29 heavy (non-hydrogen) atoms. The van der Waals surface area contributed by atoms with E-state index in [1.165, 1.54) is 18.2 Å². The van der Waals surface area contributed by atoms with Gasteiger partial charge in [-0.05, 0) is 43.5 Å². The predicted octanol–water partition coefficient (Wildman–Crippen LogP) is 2.13. The van der Waals surface area contributed by atoms with Crippen molar-refractivity contribution in [3.63, 3.8) is 0 Å². The smallest absolute Gasteiger partial charge is 0.241 e. The first-order chi connectivity index (χ1) is 13.9. The van der Waals surface area contributed by atoms with Gasteiger partial charge >= 0.3 is 0 Å². The van der Waals surface area contributed by atoms with E-state index in [4.69, 9.17) is 21.4 Å². The molecule has 1 unspecified atom stereocenters. The summed E-state index contributed by atoms with van der Waals surface area (Å²) in [5.74, 6) is -0.0846. The molecule has 2 aromatic rings. The zero-order valence-electron chi connectivity index (χ0n) is 16.1. The third-order valence-corrected chi connectivity index (χ3v) is 5.81. The lowest BCUT2D eigenvalue weighted by molar-refractivity contribution is -0.122. The number of sulfonamides is 1. The van der Waals surface area contributed by atoms with E-state index in [0.717, 1.165) is 5.56 Å². The molecule has 3 N–H and O–H groups in total. The number of carbonyl (C=O) groups excluding carboxylic acids is 1. The number of amides is 1. The number of benzene rings is 2.